The predicted octanol–water partition coefficient (Wildman–Crippen LogP) is 1.85. The second-order valence-corrected chi connectivity index (χ2v) is 1.82. The van der Waals surface area contributed by atoms with Crippen LogP contribution in [0.2, 0.25) is 0 Å². The Morgan fingerprint density at radius 1 is 1.50 bits per heavy atom. The van der Waals surface area contributed by atoms with Gasteiger partial charge in [0.25, 0.3) is 0 Å². The molecule has 0 aromatic rings. The van der Waals surface area contributed by atoms with Crippen LogP contribution in [0, 0.1) is 10.5 Å². The van der Waals surface area contributed by atoms with Crippen LogP contribution < -0.4 is 0 Å². The van der Waals surface area contributed by atoms with Crippen molar-refractivity contribution in [1.29, 1.82) is 5.59 Å². The molecule has 56 valence electrons. The molecule has 1 atom stereocenters. The molecule has 0 heterocycles. The zero-order valence-corrected chi connectivity index (χ0v) is 5.91. The third-order valence-electron chi connectivity index (χ3n) is 1.24. The van der Waals surface area contributed by atoms with Crippen LogP contribution >= 0.6 is 0 Å². The van der Waals surface area contributed by atoms with Crippen LogP contribution in [-0.4, -0.2) is 13.2 Å². The van der Waals surface area contributed by atoms with Gasteiger partial charge in [-0.1, -0.05) is 29.9 Å². The van der Waals surface area contributed by atoms with Crippen molar-refractivity contribution < 1.29 is 4.74 Å². The van der Waals surface area contributed by atoms with Gasteiger partial charge in [-0.2, -0.15) is 4.91 Å². The highest BCUT2D eigenvalue weighted by Crippen LogP contribution is 2.04. The van der Waals surface area contributed by atoms with E-state index < -0.39 is 0 Å². The summed E-state index contributed by atoms with van der Waals surface area (Å²) in [5, 5.41) is 0. The van der Waals surface area contributed by atoms with Crippen LogP contribution in [-0.2, 0) is 4.74 Å². The minimum absolute atomic E-state index is 0.319. The molecule has 0 aliphatic heterocycles. The molecular weight excluding hydrogens is 130 g/mol. The summed E-state index contributed by atoms with van der Waals surface area (Å²) in [6.45, 7) is 0. The van der Waals surface area contributed by atoms with E-state index in [1.165, 1.54) is 0 Å². The number of hydrogen-bond donors (Lipinski definition) is 1. The van der Waals surface area contributed by atoms with E-state index in [-0.39, 0.29) is 0 Å². The van der Waals surface area contributed by atoms with Crippen molar-refractivity contribution in [2.24, 2.45) is 0 Å². The van der Waals surface area contributed by atoms with Gasteiger partial charge in [-0.15, -0.1) is 0 Å². The smallest absolute Gasteiger partial charge is 0.0789 e. The number of nitrogens with one attached hydrogen (secondary N) is 1. The molecule has 0 saturated heterocycles. The number of allylic oxidation sites excluding steroid dienone is 2. The van der Waals surface area contributed by atoms with Crippen LogP contribution in [0.1, 0.15) is 6.42 Å². The Morgan fingerprint density at radius 2 is 2.20 bits per heavy atom. The van der Waals surface area contributed by atoms with Gasteiger partial charge < -0.3 is 4.74 Å². The Balaban J connectivity index is 0.000000371. The summed E-state index contributed by atoms with van der Waals surface area (Å²) in [5.41, 5.74) is 4.50. The Kier molecular flexibility index (Phi) is 5.57. The van der Waals surface area contributed by atoms with Crippen molar-refractivity contribution in [2.75, 3.05) is 7.11 Å². The lowest BCUT2D eigenvalue weighted by Crippen LogP contribution is -2.05. The molecule has 3 heteroatoms. The molecule has 0 aromatic heterocycles. The Bertz CT molecular complexity index is 132. The molecule has 0 aromatic carbocycles. The van der Waals surface area contributed by atoms with E-state index in [1.807, 2.05) is 12.2 Å². The second-order valence-electron chi connectivity index (χ2n) is 1.82. The molecule has 1 aliphatic carbocycles. The largest absolute Gasteiger partial charge is 0.377 e. The molecule has 3 nitrogen and oxygen atoms in total. The highest BCUT2D eigenvalue weighted by Gasteiger charge is 1.99. The summed E-state index contributed by atoms with van der Waals surface area (Å²) in [6, 6.07) is 0. The lowest BCUT2D eigenvalue weighted by Gasteiger charge is -2.08. The van der Waals surface area contributed by atoms with Gasteiger partial charge in [0.2, 0.25) is 0 Å². The summed E-state index contributed by atoms with van der Waals surface area (Å²) < 4.78 is 5.05. The molecular formula is C7H11NO2. The predicted molar refractivity (Wildman–Crippen MR) is 39.8 cm³/mol. The average Bonchev–Trinajstić information content (AvgIpc) is 2.10. The van der Waals surface area contributed by atoms with Crippen LogP contribution in [0.5, 0.6) is 0 Å². The molecule has 0 saturated carbocycles. The van der Waals surface area contributed by atoms with Gasteiger partial charge in [0.15, 0.2) is 0 Å². The van der Waals surface area contributed by atoms with Crippen molar-refractivity contribution in [3.05, 3.63) is 29.2 Å². The lowest BCUT2D eigenvalue weighted by atomic mass is 10.1. The third-order valence-corrected chi connectivity index (χ3v) is 1.24. The standard InChI is InChI=1S/C7H10O.HNO/c1-8-7-5-3-2-4-6-7;1-2/h2-5,7H,6H2,1H3;1H. The van der Waals surface area contributed by atoms with Crippen molar-refractivity contribution >= 4 is 0 Å². The fourth-order valence-electron chi connectivity index (χ4n) is 0.733. The van der Waals surface area contributed by atoms with Gasteiger partial charge >= 0.3 is 0 Å². The summed E-state index contributed by atoms with van der Waals surface area (Å²) in [5.74, 6) is 0. The molecule has 1 unspecified atom stereocenters. The monoisotopic (exact) mass is 141 g/mol. The van der Waals surface area contributed by atoms with E-state index in [9.17, 15) is 0 Å². The maximum atomic E-state index is 7.50. The molecule has 1 N–H and O–H groups in total. The van der Waals surface area contributed by atoms with E-state index >= 15 is 0 Å². The first-order valence-corrected chi connectivity index (χ1v) is 3.00. The number of nitroso groups, excluding NO2 is 1. The van der Waals surface area contributed by atoms with Crippen molar-refractivity contribution in [3.8, 4) is 0 Å². The maximum absolute atomic E-state index is 7.50. The number of ether oxygens (including phenoxy) is 1. The molecule has 1 aliphatic rings. The van der Waals surface area contributed by atoms with Gasteiger partial charge in [0.1, 0.15) is 0 Å². The van der Waals surface area contributed by atoms with Gasteiger partial charge in [0.05, 0.1) is 6.10 Å². The molecule has 10 heavy (non-hydrogen) atoms. The van der Waals surface area contributed by atoms with Crippen LogP contribution in [0.25, 0.3) is 0 Å². The second kappa shape index (κ2) is 6.16. The van der Waals surface area contributed by atoms with Gasteiger partial charge in [0, 0.05) is 7.11 Å². The zero-order valence-electron chi connectivity index (χ0n) is 5.91. The molecule has 0 bridgehead atoms. The normalized spacial score (nSPS) is 21.5. The van der Waals surface area contributed by atoms with E-state index in [1.54, 1.807) is 7.11 Å². The van der Waals surface area contributed by atoms with Gasteiger partial charge in [-0.05, 0) is 6.42 Å². The first-order valence-electron chi connectivity index (χ1n) is 3.00. The third kappa shape index (κ3) is 3.14. The lowest BCUT2D eigenvalue weighted by molar-refractivity contribution is 0.142. The van der Waals surface area contributed by atoms with Crippen molar-refractivity contribution in [3.63, 3.8) is 0 Å². The Hall–Kier alpha value is -0.960. The van der Waals surface area contributed by atoms with Crippen LogP contribution in [0.15, 0.2) is 24.3 Å². The fraction of sp³-hybridized carbons (Fsp3) is 0.429. The van der Waals surface area contributed by atoms with Gasteiger partial charge in [-0.3, -0.25) is 0 Å². The minimum atomic E-state index is 0.319. The highest BCUT2D eigenvalue weighted by molar-refractivity contribution is 5.11. The number of rotatable bonds is 1. The molecule has 0 radical (unpaired) electrons. The maximum Gasteiger partial charge on any atom is 0.0789 e. The molecule has 1 rings (SSSR count). The van der Waals surface area contributed by atoms with E-state index in [0.29, 0.717) is 6.10 Å². The van der Waals surface area contributed by atoms with Crippen LogP contribution in [0.4, 0.5) is 0 Å². The summed E-state index contributed by atoms with van der Waals surface area (Å²) in [6.07, 6.45) is 9.55. The number of methoxy groups -OCH3 is 1. The van der Waals surface area contributed by atoms with E-state index in [0.717, 1.165) is 6.42 Å². The van der Waals surface area contributed by atoms with E-state index in [2.05, 4.69) is 17.7 Å². The first-order chi connectivity index (χ1) is 4.93. The van der Waals surface area contributed by atoms with E-state index in [4.69, 9.17) is 9.64 Å². The van der Waals surface area contributed by atoms with Gasteiger partial charge in [-0.25, -0.2) is 0 Å². The molecule has 0 spiro atoms. The molecule has 0 fully saturated rings. The number of hydrogen-bond acceptors (Lipinski definition) is 3. The van der Waals surface area contributed by atoms with Crippen LogP contribution in [0.3, 0.4) is 0 Å². The van der Waals surface area contributed by atoms with Crippen molar-refractivity contribution in [2.45, 2.75) is 12.5 Å². The quantitative estimate of drug-likeness (QED) is 0.566. The highest BCUT2D eigenvalue weighted by atomic mass is 16.5. The van der Waals surface area contributed by atoms with Crippen molar-refractivity contribution in [1.82, 2.24) is 0 Å². The topological polar surface area (TPSA) is 50.1 Å². The summed E-state index contributed by atoms with van der Waals surface area (Å²) in [4.78, 5) is 7.50. The Morgan fingerprint density at radius 3 is 2.50 bits per heavy atom. The minimum Gasteiger partial charge on any atom is -0.377 e. The zero-order chi connectivity index (χ0) is 7.82. The first kappa shape index (κ1) is 9.04. The Labute approximate surface area is 60.1 Å². The SMILES string of the molecule is COC1C=CC=CC1.N=O. The fourth-order valence-corrected chi connectivity index (χ4v) is 0.733. The average molecular weight is 141 g/mol. The summed E-state index contributed by atoms with van der Waals surface area (Å²) in [7, 11) is 1.73. The molecule has 0 amide bonds. The summed E-state index contributed by atoms with van der Waals surface area (Å²) >= 11 is 0.